The maximum atomic E-state index is 12.7. The number of hydrogen-bond acceptors (Lipinski definition) is 4. The molecule has 0 spiro atoms. The molecule has 3 aromatic rings. The number of aryl methyl sites for hydroxylation is 2. The number of anilines is 1. The number of carbonyl (C=O) groups excluding carboxylic acids is 1. The largest absolute Gasteiger partial charge is 0.320 e. The summed E-state index contributed by atoms with van der Waals surface area (Å²) in [4.78, 5) is 12.9. The molecule has 4 rings (SSSR count). The SMILES string of the molecule is Cc1cc(C)n(-c2ccccc2NC(=O)c2ccc(S(=O)(=O)NC3CC3)cc2)n1. The molecule has 1 aromatic heterocycles. The summed E-state index contributed by atoms with van der Waals surface area (Å²) in [6.45, 7) is 3.87. The number of sulfonamides is 1. The molecule has 150 valence electrons. The minimum absolute atomic E-state index is 0.0360. The monoisotopic (exact) mass is 410 g/mol. The minimum Gasteiger partial charge on any atom is -0.320 e. The van der Waals surface area contributed by atoms with Gasteiger partial charge < -0.3 is 5.32 Å². The average molecular weight is 410 g/mol. The highest BCUT2D eigenvalue weighted by atomic mass is 32.2. The van der Waals surface area contributed by atoms with E-state index < -0.39 is 10.0 Å². The lowest BCUT2D eigenvalue weighted by molar-refractivity contribution is 0.102. The first-order valence-electron chi connectivity index (χ1n) is 9.40. The van der Waals surface area contributed by atoms with Gasteiger partial charge >= 0.3 is 0 Å². The Kier molecular flexibility index (Phi) is 4.97. The molecule has 7 nitrogen and oxygen atoms in total. The second kappa shape index (κ2) is 7.46. The Bertz CT molecular complexity index is 1160. The molecular weight excluding hydrogens is 388 g/mol. The molecule has 0 aliphatic heterocycles. The van der Waals surface area contributed by atoms with Crippen LogP contribution in [0.25, 0.3) is 5.69 Å². The van der Waals surface area contributed by atoms with Gasteiger partial charge in [-0.05, 0) is 69.2 Å². The zero-order chi connectivity index (χ0) is 20.6. The first-order valence-corrected chi connectivity index (χ1v) is 10.9. The second-order valence-electron chi connectivity index (χ2n) is 7.23. The fourth-order valence-corrected chi connectivity index (χ4v) is 4.41. The molecule has 0 atom stereocenters. The molecule has 1 heterocycles. The van der Waals surface area contributed by atoms with Crippen LogP contribution in [-0.2, 0) is 10.0 Å². The predicted octanol–water partition coefficient (Wildman–Crippen LogP) is 3.18. The van der Waals surface area contributed by atoms with Crippen LogP contribution in [0.3, 0.4) is 0 Å². The van der Waals surface area contributed by atoms with Crippen LogP contribution in [0.5, 0.6) is 0 Å². The predicted molar refractivity (Wildman–Crippen MR) is 111 cm³/mol. The lowest BCUT2D eigenvalue weighted by Crippen LogP contribution is -2.25. The summed E-state index contributed by atoms with van der Waals surface area (Å²) in [5, 5.41) is 7.38. The van der Waals surface area contributed by atoms with Crippen molar-refractivity contribution in [3.8, 4) is 5.69 Å². The summed E-state index contributed by atoms with van der Waals surface area (Å²) < 4.78 is 28.9. The Morgan fingerprint density at radius 3 is 2.38 bits per heavy atom. The van der Waals surface area contributed by atoms with Crippen molar-refractivity contribution in [1.82, 2.24) is 14.5 Å². The van der Waals surface area contributed by atoms with Gasteiger partial charge in [0.05, 0.1) is 22.0 Å². The van der Waals surface area contributed by atoms with E-state index in [0.29, 0.717) is 11.3 Å². The Morgan fingerprint density at radius 1 is 1.07 bits per heavy atom. The van der Waals surface area contributed by atoms with Gasteiger partial charge in [-0.2, -0.15) is 5.10 Å². The van der Waals surface area contributed by atoms with E-state index in [2.05, 4.69) is 15.1 Å². The van der Waals surface area contributed by atoms with Crippen LogP contribution >= 0.6 is 0 Å². The molecule has 2 aromatic carbocycles. The number of aromatic nitrogens is 2. The standard InChI is InChI=1S/C21H22N4O3S/c1-14-13-15(2)25(23-14)20-6-4-3-5-19(20)22-21(26)16-7-11-18(12-8-16)29(27,28)24-17-9-10-17/h3-8,11-13,17,24H,9-10H2,1-2H3,(H,22,26). The fraction of sp³-hybridized carbons (Fsp3) is 0.238. The molecule has 8 heteroatoms. The van der Waals surface area contributed by atoms with Gasteiger partial charge in [0.1, 0.15) is 0 Å². The highest BCUT2D eigenvalue weighted by Gasteiger charge is 2.28. The molecule has 1 saturated carbocycles. The third-order valence-corrected chi connectivity index (χ3v) is 6.25. The molecule has 0 unspecified atom stereocenters. The van der Waals surface area contributed by atoms with Gasteiger partial charge in [0.2, 0.25) is 10.0 Å². The zero-order valence-corrected chi connectivity index (χ0v) is 17.0. The highest BCUT2D eigenvalue weighted by Crippen LogP contribution is 2.24. The number of hydrogen-bond donors (Lipinski definition) is 2. The van der Waals surface area contributed by atoms with Crippen molar-refractivity contribution < 1.29 is 13.2 Å². The fourth-order valence-electron chi connectivity index (χ4n) is 3.11. The van der Waals surface area contributed by atoms with Gasteiger partial charge in [-0.3, -0.25) is 4.79 Å². The third kappa shape index (κ3) is 4.23. The number of rotatable bonds is 6. The average Bonchev–Trinajstić information content (AvgIpc) is 3.43. The molecule has 2 N–H and O–H groups in total. The molecule has 29 heavy (non-hydrogen) atoms. The van der Waals surface area contributed by atoms with E-state index in [1.807, 2.05) is 44.2 Å². The maximum Gasteiger partial charge on any atom is 0.255 e. The Hall–Kier alpha value is -2.97. The molecule has 0 saturated heterocycles. The van der Waals surface area contributed by atoms with E-state index in [9.17, 15) is 13.2 Å². The topological polar surface area (TPSA) is 93.1 Å². The summed E-state index contributed by atoms with van der Waals surface area (Å²) in [6, 6.07) is 15.3. The van der Waals surface area contributed by atoms with E-state index in [4.69, 9.17) is 0 Å². The smallest absolute Gasteiger partial charge is 0.255 e. The Balaban J connectivity index is 1.55. The van der Waals surface area contributed by atoms with E-state index in [-0.39, 0.29) is 16.8 Å². The van der Waals surface area contributed by atoms with E-state index in [1.54, 1.807) is 4.68 Å². The van der Waals surface area contributed by atoms with E-state index in [0.717, 1.165) is 29.9 Å². The first-order chi connectivity index (χ1) is 13.8. The van der Waals surface area contributed by atoms with Gasteiger partial charge in [-0.15, -0.1) is 0 Å². The van der Waals surface area contributed by atoms with Crippen molar-refractivity contribution in [1.29, 1.82) is 0 Å². The number of nitrogens with zero attached hydrogens (tertiary/aromatic N) is 2. The zero-order valence-electron chi connectivity index (χ0n) is 16.2. The van der Waals surface area contributed by atoms with Crippen molar-refractivity contribution in [2.75, 3.05) is 5.32 Å². The lowest BCUT2D eigenvalue weighted by atomic mass is 10.2. The van der Waals surface area contributed by atoms with Crippen molar-refractivity contribution in [2.24, 2.45) is 0 Å². The summed E-state index contributed by atoms with van der Waals surface area (Å²) >= 11 is 0. The van der Waals surface area contributed by atoms with Crippen molar-refractivity contribution in [3.05, 3.63) is 71.5 Å². The summed E-state index contributed by atoms with van der Waals surface area (Å²) in [7, 11) is -3.54. The van der Waals surface area contributed by atoms with Gasteiger partial charge in [-0.1, -0.05) is 12.1 Å². The molecule has 1 aliphatic rings. The van der Waals surface area contributed by atoms with Gasteiger partial charge in [-0.25, -0.2) is 17.8 Å². The van der Waals surface area contributed by atoms with Crippen LogP contribution in [0.15, 0.2) is 59.5 Å². The number of nitrogens with one attached hydrogen (secondary N) is 2. The van der Waals surface area contributed by atoms with Crippen molar-refractivity contribution in [3.63, 3.8) is 0 Å². The Labute approximate surface area is 169 Å². The van der Waals surface area contributed by atoms with Crippen LogP contribution in [0.4, 0.5) is 5.69 Å². The maximum absolute atomic E-state index is 12.7. The molecule has 1 aliphatic carbocycles. The molecule has 1 fully saturated rings. The van der Waals surface area contributed by atoms with E-state index >= 15 is 0 Å². The van der Waals surface area contributed by atoms with Crippen molar-refractivity contribution >= 4 is 21.6 Å². The highest BCUT2D eigenvalue weighted by molar-refractivity contribution is 7.89. The minimum atomic E-state index is -3.54. The lowest BCUT2D eigenvalue weighted by Gasteiger charge is -2.13. The summed E-state index contributed by atoms with van der Waals surface area (Å²) in [5.74, 6) is -0.321. The third-order valence-electron chi connectivity index (χ3n) is 4.72. The second-order valence-corrected chi connectivity index (χ2v) is 8.94. The van der Waals surface area contributed by atoms with Crippen LogP contribution in [0.2, 0.25) is 0 Å². The van der Waals surface area contributed by atoms with Gasteiger partial charge in [0.25, 0.3) is 5.91 Å². The Morgan fingerprint density at radius 2 is 1.76 bits per heavy atom. The van der Waals surface area contributed by atoms with E-state index in [1.165, 1.54) is 24.3 Å². The van der Waals surface area contributed by atoms with Crippen LogP contribution in [-0.4, -0.2) is 30.1 Å². The van der Waals surface area contributed by atoms with Gasteiger partial charge in [0.15, 0.2) is 0 Å². The quantitative estimate of drug-likeness (QED) is 0.653. The number of para-hydroxylation sites is 2. The number of amides is 1. The first kappa shape index (κ1) is 19.4. The van der Waals surface area contributed by atoms with Crippen molar-refractivity contribution in [2.45, 2.75) is 37.6 Å². The van der Waals surface area contributed by atoms with Crippen LogP contribution in [0, 0.1) is 13.8 Å². The van der Waals surface area contributed by atoms with Gasteiger partial charge in [0, 0.05) is 17.3 Å². The van der Waals surface area contributed by atoms with Crippen LogP contribution in [0.1, 0.15) is 34.6 Å². The summed E-state index contributed by atoms with van der Waals surface area (Å²) in [5.41, 5.74) is 3.61. The molecule has 0 bridgehead atoms. The molecule has 0 radical (unpaired) electrons. The number of benzene rings is 2. The summed E-state index contributed by atoms with van der Waals surface area (Å²) in [6.07, 6.45) is 1.74. The normalized spacial score (nSPS) is 14.0. The molecular formula is C21H22N4O3S. The number of carbonyl (C=O) groups is 1. The molecule has 1 amide bonds. The van der Waals surface area contributed by atoms with Crippen LogP contribution < -0.4 is 10.0 Å².